The van der Waals surface area contributed by atoms with E-state index in [1.54, 1.807) is 19.1 Å². The molecule has 0 aliphatic heterocycles. The molecule has 37 heavy (non-hydrogen) atoms. The van der Waals surface area contributed by atoms with Gasteiger partial charge in [-0.05, 0) is 59.4 Å². The minimum atomic E-state index is -0.742. The van der Waals surface area contributed by atoms with Crippen LogP contribution < -0.4 is 10.6 Å². The van der Waals surface area contributed by atoms with Gasteiger partial charge in [-0.2, -0.15) is 0 Å². The average molecular weight is 520 g/mol. The van der Waals surface area contributed by atoms with Crippen molar-refractivity contribution in [2.45, 2.75) is 32.2 Å². The van der Waals surface area contributed by atoms with E-state index in [-0.39, 0.29) is 24.1 Å². The number of benzene rings is 3. The van der Waals surface area contributed by atoms with Gasteiger partial charge < -0.3 is 15.4 Å². The number of hydrogen-bond acceptors (Lipinski definition) is 6. The van der Waals surface area contributed by atoms with Crippen molar-refractivity contribution >= 4 is 29.4 Å². The number of hydrogen-bond donors (Lipinski definition) is 2. The second-order valence-electron chi connectivity index (χ2n) is 8.90. The molecule has 2 amide bonds. The fourth-order valence-electron chi connectivity index (χ4n) is 4.49. The molecule has 0 unspecified atom stereocenters. The van der Waals surface area contributed by atoms with Gasteiger partial charge in [-0.1, -0.05) is 54.6 Å². The molecule has 9 heteroatoms. The molecule has 1 aliphatic carbocycles. The number of rotatable bonds is 10. The van der Waals surface area contributed by atoms with E-state index in [0.29, 0.717) is 5.88 Å². The van der Waals surface area contributed by atoms with Crippen molar-refractivity contribution in [2.24, 2.45) is 0 Å². The van der Waals surface area contributed by atoms with E-state index in [2.05, 4.69) is 34.9 Å². The van der Waals surface area contributed by atoms with Crippen LogP contribution in [0.2, 0.25) is 0 Å². The molecule has 1 aliphatic rings. The van der Waals surface area contributed by atoms with Gasteiger partial charge in [0.2, 0.25) is 5.91 Å². The standard InChI is InChI=1S/C28H29N3O5S/c1-18-15-21(31(34)35)12-11-20(18)13-14-37-17-29-27(32)19(2)30-28(33)36-16-26-24-9-5-3-7-22(24)23-8-4-6-10-25(23)26/h3-12,15,19,26H,13-14,16-17H2,1-2H3,(H,29,32)(H,30,33)/t19-/m0/s1. The minimum Gasteiger partial charge on any atom is -0.449 e. The highest BCUT2D eigenvalue weighted by Crippen LogP contribution is 2.44. The highest BCUT2D eigenvalue weighted by molar-refractivity contribution is 7.99. The Labute approximate surface area is 220 Å². The maximum Gasteiger partial charge on any atom is 0.407 e. The normalized spacial score (nSPS) is 12.8. The van der Waals surface area contributed by atoms with Crippen LogP contribution in [-0.4, -0.2) is 41.2 Å². The molecule has 2 N–H and O–H groups in total. The minimum absolute atomic E-state index is 0.0435. The Bertz CT molecular complexity index is 1270. The molecule has 0 saturated carbocycles. The average Bonchev–Trinajstić information content (AvgIpc) is 3.21. The number of carbonyl (C=O) groups excluding carboxylic acids is 2. The molecule has 3 aromatic carbocycles. The number of non-ortho nitro benzene ring substituents is 1. The van der Waals surface area contributed by atoms with Crippen molar-refractivity contribution in [3.05, 3.63) is 99.1 Å². The van der Waals surface area contributed by atoms with Crippen molar-refractivity contribution in [3.8, 4) is 11.1 Å². The Kier molecular flexibility index (Phi) is 8.45. The van der Waals surface area contributed by atoms with E-state index in [1.165, 1.54) is 17.8 Å². The number of amides is 2. The summed E-state index contributed by atoms with van der Waals surface area (Å²) < 4.78 is 5.51. The first-order valence-corrected chi connectivity index (χ1v) is 13.2. The first-order chi connectivity index (χ1) is 17.8. The molecule has 0 radical (unpaired) electrons. The summed E-state index contributed by atoms with van der Waals surface area (Å²) in [7, 11) is 0. The van der Waals surface area contributed by atoms with Crippen molar-refractivity contribution in [2.75, 3.05) is 18.2 Å². The van der Waals surface area contributed by atoms with Gasteiger partial charge in [0, 0.05) is 18.1 Å². The topological polar surface area (TPSA) is 111 Å². The lowest BCUT2D eigenvalue weighted by molar-refractivity contribution is -0.384. The predicted molar refractivity (Wildman–Crippen MR) is 145 cm³/mol. The number of nitro groups is 1. The van der Waals surface area contributed by atoms with Gasteiger partial charge in [-0.25, -0.2) is 4.79 Å². The van der Waals surface area contributed by atoms with Crippen molar-refractivity contribution < 1.29 is 19.2 Å². The molecule has 0 fully saturated rings. The van der Waals surface area contributed by atoms with E-state index >= 15 is 0 Å². The molecule has 8 nitrogen and oxygen atoms in total. The number of aryl methyl sites for hydroxylation is 2. The highest BCUT2D eigenvalue weighted by atomic mass is 32.2. The molecule has 1 atom stereocenters. The maximum atomic E-state index is 12.4. The van der Waals surface area contributed by atoms with Crippen molar-refractivity contribution in [1.29, 1.82) is 0 Å². The van der Waals surface area contributed by atoms with E-state index in [4.69, 9.17) is 4.74 Å². The van der Waals surface area contributed by atoms with Gasteiger partial charge in [0.05, 0.1) is 10.8 Å². The molecular formula is C28H29N3O5S. The number of carbonyl (C=O) groups is 2. The Balaban J connectivity index is 1.18. The van der Waals surface area contributed by atoms with Crippen LogP contribution in [0.25, 0.3) is 11.1 Å². The van der Waals surface area contributed by atoms with Gasteiger partial charge in [0.25, 0.3) is 5.69 Å². The first kappa shape index (κ1) is 26.2. The summed E-state index contributed by atoms with van der Waals surface area (Å²) in [6.45, 7) is 3.65. The van der Waals surface area contributed by atoms with E-state index < -0.39 is 17.1 Å². The Morgan fingerprint density at radius 3 is 2.32 bits per heavy atom. The zero-order chi connectivity index (χ0) is 26.4. The molecule has 0 saturated heterocycles. The first-order valence-electron chi connectivity index (χ1n) is 12.1. The fraction of sp³-hybridized carbons (Fsp3) is 0.286. The zero-order valence-corrected chi connectivity index (χ0v) is 21.5. The van der Waals surface area contributed by atoms with Crippen LogP contribution in [0, 0.1) is 17.0 Å². The molecule has 0 heterocycles. The third kappa shape index (κ3) is 6.29. The van der Waals surface area contributed by atoms with Crippen molar-refractivity contribution in [1.82, 2.24) is 10.6 Å². The summed E-state index contributed by atoms with van der Waals surface area (Å²) in [4.78, 5) is 35.3. The van der Waals surface area contributed by atoms with Gasteiger partial charge in [0.1, 0.15) is 12.6 Å². The molecule has 0 bridgehead atoms. The lowest BCUT2D eigenvalue weighted by Gasteiger charge is -2.17. The number of nitro benzene ring substituents is 1. The number of nitrogens with zero attached hydrogens (tertiary/aromatic N) is 1. The third-order valence-corrected chi connectivity index (χ3v) is 7.31. The number of alkyl carbamates (subject to hydrolysis) is 1. The van der Waals surface area contributed by atoms with Gasteiger partial charge >= 0.3 is 6.09 Å². The summed E-state index contributed by atoms with van der Waals surface area (Å²) in [6, 6.07) is 20.3. The summed E-state index contributed by atoms with van der Waals surface area (Å²) in [5.41, 5.74) is 6.56. The van der Waals surface area contributed by atoms with Crippen LogP contribution in [0.1, 0.15) is 35.1 Å². The Morgan fingerprint density at radius 1 is 1.05 bits per heavy atom. The smallest absolute Gasteiger partial charge is 0.407 e. The second-order valence-corrected chi connectivity index (χ2v) is 10.0. The lowest BCUT2D eigenvalue weighted by Crippen LogP contribution is -2.45. The summed E-state index contributed by atoms with van der Waals surface area (Å²) in [6.07, 6.45) is 0.101. The van der Waals surface area contributed by atoms with Gasteiger partial charge in [0.15, 0.2) is 0 Å². The van der Waals surface area contributed by atoms with Crippen LogP contribution in [0.15, 0.2) is 66.7 Å². The fourth-order valence-corrected chi connectivity index (χ4v) is 5.24. The van der Waals surface area contributed by atoms with Gasteiger partial charge in [-0.3, -0.25) is 14.9 Å². The monoisotopic (exact) mass is 519 g/mol. The summed E-state index contributed by atoms with van der Waals surface area (Å²) in [5, 5.41) is 16.3. The third-order valence-electron chi connectivity index (χ3n) is 6.47. The van der Waals surface area contributed by atoms with Crippen LogP contribution in [0.3, 0.4) is 0 Å². The summed E-state index contributed by atoms with van der Waals surface area (Å²) >= 11 is 1.54. The van der Waals surface area contributed by atoms with E-state index in [1.807, 2.05) is 31.2 Å². The predicted octanol–water partition coefficient (Wildman–Crippen LogP) is 5.18. The van der Waals surface area contributed by atoms with Crippen LogP contribution in [0.5, 0.6) is 0 Å². The molecular weight excluding hydrogens is 490 g/mol. The van der Waals surface area contributed by atoms with Gasteiger partial charge in [-0.15, -0.1) is 11.8 Å². The SMILES string of the molecule is Cc1cc([N+](=O)[O-])ccc1CCSCNC(=O)[C@H](C)NC(=O)OCC1c2ccccc2-c2ccccc21. The van der Waals surface area contributed by atoms with E-state index in [0.717, 1.165) is 45.6 Å². The van der Waals surface area contributed by atoms with Crippen LogP contribution in [0.4, 0.5) is 10.5 Å². The zero-order valence-electron chi connectivity index (χ0n) is 20.7. The highest BCUT2D eigenvalue weighted by Gasteiger charge is 2.29. The molecule has 0 spiro atoms. The maximum absolute atomic E-state index is 12.4. The number of ether oxygens (including phenoxy) is 1. The Hall–Kier alpha value is -3.85. The van der Waals surface area contributed by atoms with Crippen molar-refractivity contribution in [3.63, 3.8) is 0 Å². The molecule has 4 rings (SSSR count). The number of thioether (sulfide) groups is 1. The second kappa shape index (κ2) is 11.9. The number of fused-ring (bicyclic) bond motifs is 3. The largest absolute Gasteiger partial charge is 0.449 e. The molecule has 3 aromatic rings. The Morgan fingerprint density at radius 2 is 1.70 bits per heavy atom. The molecule has 192 valence electrons. The molecule has 0 aromatic heterocycles. The quantitative estimate of drug-likeness (QED) is 0.165. The van der Waals surface area contributed by atoms with E-state index in [9.17, 15) is 19.7 Å². The number of nitrogens with one attached hydrogen (secondary N) is 2. The summed E-state index contributed by atoms with van der Waals surface area (Å²) in [5.74, 6) is 0.792. The van der Waals surface area contributed by atoms with Crippen LogP contribution in [-0.2, 0) is 16.0 Å². The lowest BCUT2D eigenvalue weighted by atomic mass is 9.98. The van der Waals surface area contributed by atoms with Crippen LogP contribution >= 0.6 is 11.8 Å².